The topological polar surface area (TPSA) is 58.6 Å². The Balaban J connectivity index is 1.45. The van der Waals surface area contributed by atoms with Crippen molar-refractivity contribution in [1.82, 2.24) is 5.32 Å². The molecule has 1 heterocycles. The minimum Gasteiger partial charge on any atom is -0.493 e. The van der Waals surface area contributed by atoms with Crippen LogP contribution in [-0.4, -0.2) is 23.7 Å². The Morgan fingerprint density at radius 1 is 1.24 bits per heavy atom. The highest BCUT2D eigenvalue weighted by Crippen LogP contribution is 2.40. The van der Waals surface area contributed by atoms with Gasteiger partial charge in [0.05, 0.1) is 18.8 Å². The molecule has 4 heteroatoms. The first-order valence-corrected chi connectivity index (χ1v) is 9.92. The summed E-state index contributed by atoms with van der Waals surface area (Å²) in [5, 5.41) is 13.0. The van der Waals surface area contributed by atoms with Gasteiger partial charge in [0.25, 0.3) is 0 Å². The third-order valence-corrected chi connectivity index (χ3v) is 6.21. The van der Waals surface area contributed by atoms with E-state index >= 15 is 0 Å². The maximum absolute atomic E-state index is 12.7. The Bertz CT molecular complexity index is 618. The second-order valence-corrected chi connectivity index (χ2v) is 8.10. The van der Waals surface area contributed by atoms with Crippen molar-refractivity contribution in [3.05, 3.63) is 29.3 Å². The molecule has 4 rings (SSSR count). The molecule has 1 aromatic carbocycles. The monoisotopic (exact) mass is 343 g/mol. The molecule has 136 valence electrons. The van der Waals surface area contributed by atoms with Crippen molar-refractivity contribution in [2.45, 2.75) is 69.9 Å². The van der Waals surface area contributed by atoms with Gasteiger partial charge >= 0.3 is 0 Å². The molecule has 3 aliphatic rings. The van der Waals surface area contributed by atoms with Crippen molar-refractivity contribution in [2.75, 3.05) is 6.61 Å². The van der Waals surface area contributed by atoms with Gasteiger partial charge in [0.1, 0.15) is 5.75 Å². The first kappa shape index (κ1) is 16.9. The average Bonchev–Trinajstić information content (AvgIpc) is 3.06. The zero-order chi connectivity index (χ0) is 17.2. The fourth-order valence-corrected chi connectivity index (χ4v) is 4.66. The molecular weight excluding hydrogens is 314 g/mol. The smallest absolute Gasteiger partial charge is 0.220 e. The minimum atomic E-state index is -0.208. The van der Waals surface area contributed by atoms with Gasteiger partial charge in [-0.2, -0.15) is 0 Å². The van der Waals surface area contributed by atoms with E-state index in [-0.39, 0.29) is 18.1 Å². The summed E-state index contributed by atoms with van der Waals surface area (Å²) >= 11 is 0. The molecule has 0 aromatic heterocycles. The van der Waals surface area contributed by atoms with E-state index < -0.39 is 0 Å². The largest absolute Gasteiger partial charge is 0.493 e. The lowest BCUT2D eigenvalue weighted by Gasteiger charge is -2.38. The predicted octanol–water partition coefficient (Wildman–Crippen LogP) is 3.52. The summed E-state index contributed by atoms with van der Waals surface area (Å²) in [4.78, 5) is 12.7. The van der Waals surface area contributed by atoms with Crippen molar-refractivity contribution in [3.63, 3.8) is 0 Å². The lowest BCUT2D eigenvalue weighted by atomic mass is 9.74. The molecule has 1 atom stereocenters. The Labute approximate surface area is 150 Å². The van der Waals surface area contributed by atoms with Gasteiger partial charge in [-0.15, -0.1) is 0 Å². The highest BCUT2D eigenvalue weighted by atomic mass is 16.5. The molecule has 2 aliphatic carbocycles. The van der Waals surface area contributed by atoms with Crippen LogP contribution >= 0.6 is 0 Å². The number of carbonyl (C=O) groups excluding carboxylic acids is 1. The second kappa shape index (κ2) is 7.36. The van der Waals surface area contributed by atoms with Crippen LogP contribution in [-0.2, 0) is 11.2 Å². The molecule has 0 saturated heterocycles. The van der Waals surface area contributed by atoms with Crippen LogP contribution in [0.2, 0.25) is 0 Å². The third kappa shape index (κ3) is 3.84. The standard InChI is InChI=1S/C21H29NO3/c23-18-12-17(13-18)21(16-6-7-19-15(11-16)8-9-25-19)22-20(24)10-14-4-2-1-3-5-14/h6-7,11,14,17-18,21,23H,1-5,8-10,12-13H2,(H,22,24)/t17?,18?,21-/m1/s1. The van der Waals surface area contributed by atoms with Crippen LogP contribution in [0, 0.1) is 11.8 Å². The zero-order valence-corrected chi connectivity index (χ0v) is 14.9. The molecule has 2 N–H and O–H groups in total. The lowest BCUT2D eigenvalue weighted by molar-refractivity contribution is -0.124. The van der Waals surface area contributed by atoms with Gasteiger partial charge in [0.2, 0.25) is 5.91 Å². The summed E-state index contributed by atoms with van der Waals surface area (Å²) in [7, 11) is 0. The number of hydrogen-bond donors (Lipinski definition) is 2. The number of hydrogen-bond acceptors (Lipinski definition) is 3. The normalized spacial score (nSPS) is 27.1. The maximum Gasteiger partial charge on any atom is 0.220 e. The van der Waals surface area contributed by atoms with Crippen molar-refractivity contribution in [1.29, 1.82) is 0 Å². The van der Waals surface area contributed by atoms with Crippen molar-refractivity contribution >= 4 is 5.91 Å². The van der Waals surface area contributed by atoms with Gasteiger partial charge < -0.3 is 15.2 Å². The maximum atomic E-state index is 12.7. The summed E-state index contributed by atoms with van der Waals surface area (Å²) in [6.07, 6.45) is 9.18. The van der Waals surface area contributed by atoms with Crippen LogP contribution in [0.3, 0.4) is 0 Å². The Morgan fingerprint density at radius 3 is 2.80 bits per heavy atom. The van der Waals surface area contributed by atoms with Crippen molar-refractivity contribution < 1.29 is 14.6 Å². The summed E-state index contributed by atoms with van der Waals surface area (Å²) in [6, 6.07) is 6.33. The number of rotatable bonds is 5. The number of ether oxygens (including phenoxy) is 1. The Kier molecular flexibility index (Phi) is 4.98. The molecule has 1 amide bonds. The number of nitrogens with one attached hydrogen (secondary N) is 1. The lowest BCUT2D eigenvalue weighted by Crippen LogP contribution is -2.41. The summed E-state index contributed by atoms with van der Waals surface area (Å²) in [5.74, 6) is 2.04. The summed E-state index contributed by atoms with van der Waals surface area (Å²) in [6.45, 7) is 0.750. The average molecular weight is 343 g/mol. The Hall–Kier alpha value is -1.55. The van der Waals surface area contributed by atoms with E-state index in [1.165, 1.54) is 37.7 Å². The Morgan fingerprint density at radius 2 is 2.04 bits per heavy atom. The first-order chi connectivity index (χ1) is 12.2. The predicted molar refractivity (Wildman–Crippen MR) is 96.4 cm³/mol. The van der Waals surface area contributed by atoms with Gasteiger partial charge in [0.15, 0.2) is 0 Å². The van der Waals surface area contributed by atoms with Crippen LogP contribution in [0.25, 0.3) is 0 Å². The van der Waals surface area contributed by atoms with Gasteiger partial charge in [-0.25, -0.2) is 0 Å². The van der Waals surface area contributed by atoms with E-state index in [1.807, 2.05) is 6.07 Å². The first-order valence-electron chi connectivity index (χ1n) is 9.92. The van der Waals surface area contributed by atoms with Gasteiger partial charge in [-0.05, 0) is 60.8 Å². The minimum absolute atomic E-state index is 0.0189. The molecule has 2 fully saturated rings. The van der Waals surface area contributed by atoms with Crippen LogP contribution in [0.1, 0.15) is 68.5 Å². The molecule has 0 unspecified atom stereocenters. The van der Waals surface area contributed by atoms with Crippen LogP contribution in [0.5, 0.6) is 5.75 Å². The molecule has 2 saturated carbocycles. The van der Waals surface area contributed by atoms with Gasteiger partial charge in [-0.1, -0.05) is 25.3 Å². The number of carbonyl (C=O) groups is 1. The number of aliphatic hydroxyl groups excluding tert-OH is 1. The van der Waals surface area contributed by atoms with E-state index in [2.05, 4.69) is 17.4 Å². The van der Waals surface area contributed by atoms with Gasteiger partial charge in [0, 0.05) is 12.8 Å². The highest BCUT2D eigenvalue weighted by molar-refractivity contribution is 5.76. The van der Waals surface area contributed by atoms with E-state index in [1.54, 1.807) is 0 Å². The molecule has 0 spiro atoms. The molecule has 25 heavy (non-hydrogen) atoms. The highest BCUT2D eigenvalue weighted by Gasteiger charge is 2.36. The fraction of sp³-hybridized carbons (Fsp3) is 0.667. The van der Waals surface area contributed by atoms with Crippen molar-refractivity contribution in [2.24, 2.45) is 11.8 Å². The number of aliphatic hydroxyl groups is 1. The molecule has 4 nitrogen and oxygen atoms in total. The summed E-state index contributed by atoms with van der Waals surface area (Å²) < 4.78 is 5.61. The fourth-order valence-electron chi connectivity index (χ4n) is 4.66. The SMILES string of the molecule is O=C(CC1CCCCC1)N[C@H](c1ccc2c(c1)CCO2)C1CC(O)C1. The van der Waals surface area contributed by atoms with Crippen LogP contribution in [0.15, 0.2) is 18.2 Å². The summed E-state index contributed by atoms with van der Waals surface area (Å²) in [5.41, 5.74) is 2.40. The molecule has 0 bridgehead atoms. The molecular formula is C21H29NO3. The molecule has 1 aliphatic heterocycles. The number of fused-ring (bicyclic) bond motifs is 1. The van der Waals surface area contributed by atoms with E-state index in [0.717, 1.165) is 37.2 Å². The number of amides is 1. The number of benzene rings is 1. The molecule has 1 aromatic rings. The second-order valence-electron chi connectivity index (χ2n) is 8.10. The van der Waals surface area contributed by atoms with Gasteiger partial charge in [-0.3, -0.25) is 4.79 Å². The van der Waals surface area contributed by atoms with Crippen LogP contribution < -0.4 is 10.1 Å². The van der Waals surface area contributed by atoms with E-state index in [0.29, 0.717) is 18.3 Å². The van der Waals surface area contributed by atoms with Crippen molar-refractivity contribution in [3.8, 4) is 5.75 Å². The third-order valence-electron chi connectivity index (χ3n) is 6.21. The zero-order valence-electron chi connectivity index (χ0n) is 14.9. The van der Waals surface area contributed by atoms with E-state index in [9.17, 15) is 9.90 Å². The van der Waals surface area contributed by atoms with E-state index in [4.69, 9.17) is 4.74 Å². The quantitative estimate of drug-likeness (QED) is 0.860. The molecule has 0 radical (unpaired) electrons. The van der Waals surface area contributed by atoms with Crippen LogP contribution in [0.4, 0.5) is 0 Å².